The Morgan fingerprint density at radius 3 is 2.85 bits per heavy atom. The fourth-order valence-corrected chi connectivity index (χ4v) is 5.00. The van der Waals surface area contributed by atoms with Crippen LogP contribution in [-0.4, -0.2) is 43.8 Å². The minimum atomic E-state index is -0.710. The Hall–Kier alpha value is -1.16. The topological polar surface area (TPSA) is 71.3 Å². The summed E-state index contributed by atoms with van der Waals surface area (Å²) in [5.74, 6) is 2.50. The van der Waals surface area contributed by atoms with Crippen LogP contribution in [0.1, 0.15) is 38.4 Å². The summed E-state index contributed by atoms with van der Waals surface area (Å²) >= 11 is 0. The molecule has 1 fully saturated rings. The second-order valence-electron chi connectivity index (χ2n) is 6.80. The van der Waals surface area contributed by atoms with E-state index in [0.29, 0.717) is 17.8 Å². The van der Waals surface area contributed by atoms with Crippen LogP contribution in [0, 0.1) is 0 Å². The van der Waals surface area contributed by atoms with Crippen molar-refractivity contribution in [2.45, 2.75) is 50.4 Å². The number of halogens is 1. The number of rotatable bonds is 5. The van der Waals surface area contributed by atoms with Crippen LogP contribution in [0.3, 0.4) is 0 Å². The monoisotopic (exact) mass is 503 g/mol. The van der Waals surface area contributed by atoms with E-state index in [-0.39, 0.29) is 24.0 Å². The van der Waals surface area contributed by atoms with E-state index in [1.165, 1.54) is 0 Å². The third kappa shape index (κ3) is 5.43. The van der Waals surface area contributed by atoms with Crippen LogP contribution in [0.25, 0.3) is 11.0 Å². The lowest BCUT2D eigenvalue weighted by Gasteiger charge is -2.30. The lowest BCUT2D eigenvalue weighted by Crippen LogP contribution is -2.46. The van der Waals surface area contributed by atoms with E-state index in [4.69, 9.17) is 0 Å². The third-order valence-corrected chi connectivity index (χ3v) is 6.88. The van der Waals surface area contributed by atoms with Gasteiger partial charge >= 0.3 is 0 Å². The molecule has 1 aliphatic carbocycles. The third-order valence-electron chi connectivity index (χ3n) is 5.14. The molecule has 0 bridgehead atoms. The molecular formula is C19H30IN5OS. The minimum Gasteiger partial charge on any atom is -0.354 e. The second kappa shape index (κ2) is 10.4. The van der Waals surface area contributed by atoms with Crippen molar-refractivity contribution in [2.24, 2.45) is 12.0 Å². The van der Waals surface area contributed by atoms with Gasteiger partial charge in [0.1, 0.15) is 5.82 Å². The van der Waals surface area contributed by atoms with Crippen LogP contribution in [0.15, 0.2) is 29.3 Å². The molecule has 150 valence electrons. The largest absolute Gasteiger partial charge is 0.354 e. The summed E-state index contributed by atoms with van der Waals surface area (Å²) in [7, 11) is 3.11. The SMILES string of the molecule is CCS(=O)C1CCCC(NC(=NC)NCc2nc3ccccc3n2C)C1.I. The Morgan fingerprint density at radius 2 is 2.15 bits per heavy atom. The molecule has 1 heterocycles. The summed E-state index contributed by atoms with van der Waals surface area (Å²) in [4.78, 5) is 9.04. The maximum atomic E-state index is 12.1. The Kier molecular flexibility index (Phi) is 8.53. The van der Waals surface area contributed by atoms with Crippen molar-refractivity contribution in [3.05, 3.63) is 30.1 Å². The summed E-state index contributed by atoms with van der Waals surface area (Å²) in [5, 5.41) is 7.19. The van der Waals surface area contributed by atoms with E-state index in [2.05, 4.69) is 31.2 Å². The quantitative estimate of drug-likeness (QED) is 0.374. The van der Waals surface area contributed by atoms with Crippen molar-refractivity contribution < 1.29 is 4.21 Å². The molecule has 6 nitrogen and oxygen atoms in total. The van der Waals surface area contributed by atoms with Gasteiger partial charge in [-0.25, -0.2) is 4.98 Å². The maximum Gasteiger partial charge on any atom is 0.191 e. The first-order valence-electron chi connectivity index (χ1n) is 9.37. The zero-order valence-electron chi connectivity index (χ0n) is 16.3. The predicted octanol–water partition coefficient (Wildman–Crippen LogP) is 2.94. The summed E-state index contributed by atoms with van der Waals surface area (Å²) < 4.78 is 14.2. The van der Waals surface area contributed by atoms with Gasteiger partial charge in [-0.3, -0.25) is 9.20 Å². The van der Waals surface area contributed by atoms with Gasteiger partial charge in [0.2, 0.25) is 0 Å². The van der Waals surface area contributed by atoms with E-state index in [1.54, 1.807) is 7.05 Å². The Labute approximate surface area is 181 Å². The van der Waals surface area contributed by atoms with Gasteiger partial charge in [0.15, 0.2) is 5.96 Å². The van der Waals surface area contributed by atoms with Gasteiger partial charge in [-0.15, -0.1) is 24.0 Å². The summed E-state index contributed by atoms with van der Waals surface area (Å²) in [6.45, 7) is 2.62. The number of hydrogen-bond acceptors (Lipinski definition) is 3. The van der Waals surface area contributed by atoms with Gasteiger partial charge in [-0.2, -0.15) is 0 Å². The fraction of sp³-hybridized carbons (Fsp3) is 0.579. The van der Waals surface area contributed by atoms with Crippen molar-refractivity contribution >= 4 is 51.8 Å². The summed E-state index contributed by atoms with van der Waals surface area (Å²) in [6, 6.07) is 8.47. The van der Waals surface area contributed by atoms with Gasteiger partial charge in [0.05, 0.1) is 17.6 Å². The average Bonchev–Trinajstić information content (AvgIpc) is 3.00. The molecule has 2 aromatic rings. The highest BCUT2D eigenvalue weighted by Crippen LogP contribution is 2.23. The van der Waals surface area contributed by atoms with E-state index in [0.717, 1.165) is 54.3 Å². The van der Waals surface area contributed by atoms with E-state index >= 15 is 0 Å². The molecule has 2 N–H and O–H groups in total. The van der Waals surface area contributed by atoms with Crippen molar-refractivity contribution in [3.8, 4) is 0 Å². The highest BCUT2D eigenvalue weighted by molar-refractivity contribution is 14.0. The maximum absolute atomic E-state index is 12.1. The molecule has 3 atom stereocenters. The Balaban J connectivity index is 0.00000261. The molecule has 1 aromatic carbocycles. The molecule has 3 rings (SSSR count). The zero-order valence-corrected chi connectivity index (χ0v) is 19.4. The molecule has 0 aliphatic heterocycles. The Bertz CT molecular complexity index is 806. The van der Waals surface area contributed by atoms with Crippen LogP contribution in [0.4, 0.5) is 0 Å². The average molecular weight is 503 g/mol. The number of hydrogen-bond donors (Lipinski definition) is 2. The number of para-hydroxylation sites is 2. The van der Waals surface area contributed by atoms with Crippen molar-refractivity contribution in [1.29, 1.82) is 0 Å². The van der Waals surface area contributed by atoms with E-state index in [1.807, 2.05) is 32.2 Å². The zero-order chi connectivity index (χ0) is 18.5. The van der Waals surface area contributed by atoms with Gasteiger partial charge in [-0.05, 0) is 31.4 Å². The van der Waals surface area contributed by atoms with Crippen LogP contribution in [-0.2, 0) is 24.4 Å². The molecule has 8 heteroatoms. The van der Waals surface area contributed by atoms with Crippen LogP contribution < -0.4 is 10.6 Å². The van der Waals surface area contributed by atoms with Crippen LogP contribution in [0.2, 0.25) is 0 Å². The number of nitrogens with one attached hydrogen (secondary N) is 2. The number of aromatic nitrogens is 2. The molecule has 27 heavy (non-hydrogen) atoms. The normalized spacial score (nSPS) is 21.5. The molecule has 3 unspecified atom stereocenters. The number of aryl methyl sites for hydroxylation is 1. The minimum absolute atomic E-state index is 0. The number of imidazole rings is 1. The molecule has 1 saturated carbocycles. The Morgan fingerprint density at radius 1 is 1.37 bits per heavy atom. The highest BCUT2D eigenvalue weighted by atomic mass is 127. The predicted molar refractivity (Wildman–Crippen MR) is 124 cm³/mol. The molecule has 1 aromatic heterocycles. The van der Waals surface area contributed by atoms with Gasteiger partial charge in [0.25, 0.3) is 0 Å². The smallest absolute Gasteiger partial charge is 0.191 e. The molecule has 1 aliphatic rings. The second-order valence-corrected chi connectivity index (χ2v) is 8.81. The first-order valence-corrected chi connectivity index (χ1v) is 10.7. The fourth-order valence-electron chi connectivity index (χ4n) is 3.65. The van der Waals surface area contributed by atoms with Crippen LogP contribution >= 0.6 is 24.0 Å². The number of nitrogens with zero attached hydrogens (tertiary/aromatic N) is 3. The van der Waals surface area contributed by atoms with E-state index in [9.17, 15) is 4.21 Å². The lowest BCUT2D eigenvalue weighted by atomic mass is 9.95. The molecule has 0 radical (unpaired) electrons. The lowest BCUT2D eigenvalue weighted by molar-refractivity contribution is 0.413. The molecule has 0 saturated heterocycles. The number of fused-ring (bicyclic) bond motifs is 1. The standard InChI is InChI=1S/C19H29N5OS.HI/c1-4-26(25)15-9-7-8-14(12-15)22-19(20-2)21-13-18-23-16-10-5-6-11-17(16)24(18)3;/h5-6,10-11,14-15H,4,7-9,12-13H2,1-3H3,(H2,20,21,22);1H. The molecule has 0 amide bonds. The van der Waals surface area contributed by atoms with Gasteiger partial charge in [0, 0.05) is 41.9 Å². The summed E-state index contributed by atoms with van der Waals surface area (Å²) in [6.07, 6.45) is 4.25. The van der Waals surface area contributed by atoms with E-state index < -0.39 is 10.8 Å². The summed E-state index contributed by atoms with van der Waals surface area (Å²) in [5.41, 5.74) is 2.14. The molecular weight excluding hydrogens is 473 g/mol. The highest BCUT2D eigenvalue weighted by Gasteiger charge is 2.26. The molecule has 0 spiro atoms. The van der Waals surface area contributed by atoms with Crippen molar-refractivity contribution in [3.63, 3.8) is 0 Å². The van der Waals surface area contributed by atoms with Crippen molar-refractivity contribution in [1.82, 2.24) is 20.2 Å². The van der Waals surface area contributed by atoms with Gasteiger partial charge < -0.3 is 15.2 Å². The number of guanidine groups is 1. The number of benzene rings is 1. The first kappa shape index (κ1) is 22.1. The van der Waals surface area contributed by atoms with Crippen LogP contribution in [0.5, 0.6) is 0 Å². The van der Waals surface area contributed by atoms with Crippen molar-refractivity contribution in [2.75, 3.05) is 12.8 Å². The number of aliphatic imine (C=N–C) groups is 1. The van der Waals surface area contributed by atoms with Gasteiger partial charge in [-0.1, -0.05) is 25.5 Å². The first-order chi connectivity index (χ1) is 12.6.